The van der Waals surface area contributed by atoms with Crippen molar-refractivity contribution in [3.63, 3.8) is 0 Å². The van der Waals surface area contributed by atoms with Gasteiger partial charge in [0.05, 0.1) is 16.8 Å². The predicted octanol–water partition coefficient (Wildman–Crippen LogP) is 4.75. The molecule has 1 amide bonds. The van der Waals surface area contributed by atoms with E-state index in [2.05, 4.69) is 10.5 Å². The van der Waals surface area contributed by atoms with Crippen molar-refractivity contribution < 1.29 is 22.3 Å². The second-order valence-electron chi connectivity index (χ2n) is 7.91. The molecule has 0 aliphatic carbocycles. The van der Waals surface area contributed by atoms with Crippen molar-refractivity contribution in [1.82, 2.24) is 5.43 Å². The summed E-state index contributed by atoms with van der Waals surface area (Å²) in [5.74, 6) is -0.630. The Labute approximate surface area is 214 Å². The molecular weight excluding hydrogens is 493 g/mol. The molecule has 9 heteroatoms. The van der Waals surface area contributed by atoms with E-state index in [0.717, 1.165) is 22.0 Å². The number of halogens is 1. The summed E-state index contributed by atoms with van der Waals surface area (Å²) in [6.07, 6.45) is 1.42. The molecule has 37 heavy (non-hydrogen) atoms. The highest BCUT2D eigenvalue weighted by Gasteiger charge is 2.27. The van der Waals surface area contributed by atoms with Gasteiger partial charge in [0.15, 0.2) is 0 Å². The first-order valence-electron chi connectivity index (χ1n) is 11.3. The molecule has 0 fully saturated rings. The van der Waals surface area contributed by atoms with Crippen LogP contribution in [-0.4, -0.2) is 27.1 Å². The minimum atomic E-state index is -4.10. The number of carbonyl (C=O) groups is 1. The van der Waals surface area contributed by atoms with Gasteiger partial charge in [-0.3, -0.25) is 9.10 Å². The Kier molecular flexibility index (Phi) is 8.27. The Morgan fingerprint density at radius 1 is 0.865 bits per heavy atom. The molecule has 0 spiro atoms. The standard InChI is InChI=1S/C28H24FN3O4S/c29-24-15-17-25(18-16-24)32(37(34,35)26-12-5-2-6-13-26)20-28(33)31-30-19-23-11-7-8-14-27(23)36-21-22-9-3-1-4-10-22/h1-19H,20-21H2,(H,31,33)/b30-19-. The molecule has 4 rings (SSSR count). The van der Waals surface area contributed by atoms with E-state index in [4.69, 9.17) is 4.74 Å². The predicted molar refractivity (Wildman–Crippen MR) is 140 cm³/mol. The van der Waals surface area contributed by atoms with Gasteiger partial charge in [0.2, 0.25) is 0 Å². The first-order valence-corrected chi connectivity index (χ1v) is 12.8. The molecular formula is C28H24FN3O4S. The molecule has 0 radical (unpaired) electrons. The monoisotopic (exact) mass is 517 g/mol. The number of amides is 1. The molecule has 0 aliphatic heterocycles. The fourth-order valence-electron chi connectivity index (χ4n) is 3.44. The molecule has 4 aromatic rings. The van der Waals surface area contributed by atoms with Gasteiger partial charge in [0.1, 0.15) is 24.7 Å². The molecule has 188 valence electrons. The number of nitrogens with zero attached hydrogens (tertiary/aromatic N) is 2. The lowest BCUT2D eigenvalue weighted by atomic mass is 10.2. The Balaban J connectivity index is 1.47. The molecule has 0 saturated heterocycles. The van der Waals surface area contributed by atoms with Crippen molar-refractivity contribution in [1.29, 1.82) is 0 Å². The summed E-state index contributed by atoms with van der Waals surface area (Å²) >= 11 is 0. The fraction of sp³-hybridized carbons (Fsp3) is 0.0714. The Hall–Kier alpha value is -4.50. The van der Waals surface area contributed by atoms with Crippen LogP contribution in [0.3, 0.4) is 0 Å². The van der Waals surface area contributed by atoms with E-state index in [9.17, 15) is 17.6 Å². The molecule has 0 heterocycles. The van der Waals surface area contributed by atoms with Crippen LogP contribution in [-0.2, 0) is 21.4 Å². The van der Waals surface area contributed by atoms with Crippen LogP contribution in [0.15, 0.2) is 119 Å². The molecule has 0 bridgehead atoms. The van der Waals surface area contributed by atoms with Crippen molar-refractivity contribution in [3.05, 3.63) is 126 Å². The van der Waals surface area contributed by atoms with Gasteiger partial charge < -0.3 is 4.74 Å². The van der Waals surface area contributed by atoms with Crippen LogP contribution in [0.25, 0.3) is 0 Å². The zero-order valence-corrected chi connectivity index (χ0v) is 20.5. The number of anilines is 1. The number of hydrazone groups is 1. The summed E-state index contributed by atoms with van der Waals surface area (Å²) in [5, 5.41) is 3.99. The molecule has 7 nitrogen and oxygen atoms in total. The quantitative estimate of drug-likeness (QED) is 0.243. The molecule has 0 aliphatic rings. The van der Waals surface area contributed by atoms with Crippen molar-refractivity contribution >= 4 is 27.8 Å². The number of hydrogen-bond donors (Lipinski definition) is 1. The van der Waals surface area contributed by atoms with Crippen LogP contribution in [0, 0.1) is 5.82 Å². The zero-order valence-electron chi connectivity index (χ0n) is 19.7. The van der Waals surface area contributed by atoms with E-state index >= 15 is 0 Å². The van der Waals surface area contributed by atoms with Gasteiger partial charge in [-0.25, -0.2) is 18.2 Å². The number of benzene rings is 4. The van der Waals surface area contributed by atoms with E-state index in [0.29, 0.717) is 17.9 Å². The number of para-hydroxylation sites is 1. The van der Waals surface area contributed by atoms with Gasteiger partial charge in [0, 0.05) is 5.56 Å². The molecule has 1 N–H and O–H groups in total. The maximum Gasteiger partial charge on any atom is 0.264 e. The topological polar surface area (TPSA) is 88.1 Å². The minimum absolute atomic E-state index is 0.000110. The van der Waals surface area contributed by atoms with Gasteiger partial charge in [-0.1, -0.05) is 60.7 Å². The van der Waals surface area contributed by atoms with E-state index in [1.54, 1.807) is 36.4 Å². The largest absolute Gasteiger partial charge is 0.488 e. The van der Waals surface area contributed by atoms with Gasteiger partial charge in [0.25, 0.3) is 15.9 Å². The molecule has 0 aromatic heterocycles. The summed E-state index contributed by atoms with van der Waals surface area (Å²) in [5.41, 5.74) is 4.14. The van der Waals surface area contributed by atoms with Crippen molar-refractivity contribution in [2.75, 3.05) is 10.8 Å². The van der Waals surface area contributed by atoms with Crippen LogP contribution in [0.2, 0.25) is 0 Å². The number of carbonyl (C=O) groups excluding carboxylic acids is 1. The molecule has 0 saturated carbocycles. The summed E-state index contributed by atoms with van der Waals surface area (Å²) in [4.78, 5) is 12.7. The summed E-state index contributed by atoms with van der Waals surface area (Å²) in [7, 11) is -4.10. The summed E-state index contributed by atoms with van der Waals surface area (Å²) < 4.78 is 46.8. The first-order chi connectivity index (χ1) is 17.9. The highest BCUT2D eigenvalue weighted by molar-refractivity contribution is 7.92. The zero-order chi connectivity index (χ0) is 26.1. The lowest BCUT2D eigenvalue weighted by molar-refractivity contribution is -0.119. The van der Waals surface area contributed by atoms with Gasteiger partial charge in [-0.15, -0.1) is 0 Å². The van der Waals surface area contributed by atoms with Crippen LogP contribution in [0.4, 0.5) is 10.1 Å². The third-order valence-corrected chi connectivity index (χ3v) is 7.07. The maximum absolute atomic E-state index is 13.5. The minimum Gasteiger partial charge on any atom is -0.488 e. The normalized spacial score (nSPS) is 11.3. The van der Waals surface area contributed by atoms with Crippen LogP contribution >= 0.6 is 0 Å². The Morgan fingerprint density at radius 3 is 2.19 bits per heavy atom. The second-order valence-corrected chi connectivity index (χ2v) is 9.77. The van der Waals surface area contributed by atoms with E-state index < -0.39 is 28.3 Å². The highest BCUT2D eigenvalue weighted by Crippen LogP contribution is 2.24. The number of sulfonamides is 1. The SMILES string of the molecule is O=C(CN(c1ccc(F)cc1)S(=O)(=O)c1ccccc1)N/N=C\c1ccccc1OCc1ccccc1. The third-order valence-electron chi connectivity index (χ3n) is 5.28. The third kappa shape index (κ3) is 6.80. The van der Waals surface area contributed by atoms with E-state index in [1.807, 2.05) is 36.4 Å². The van der Waals surface area contributed by atoms with E-state index in [1.165, 1.54) is 30.5 Å². The molecule has 4 aromatic carbocycles. The number of nitrogens with one attached hydrogen (secondary N) is 1. The smallest absolute Gasteiger partial charge is 0.264 e. The Morgan fingerprint density at radius 2 is 1.49 bits per heavy atom. The number of ether oxygens (including phenoxy) is 1. The summed E-state index contributed by atoms with van der Waals surface area (Å²) in [6, 6.07) is 29.4. The van der Waals surface area contributed by atoms with Crippen molar-refractivity contribution in [2.45, 2.75) is 11.5 Å². The summed E-state index contributed by atoms with van der Waals surface area (Å²) in [6.45, 7) is -0.200. The lowest BCUT2D eigenvalue weighted by Crippen LogP contribution is -2.39. The van der Waals surface area contributed by atoms with Gasteiger partial charge >= 0.3 is 0 Å². The van der Waals surface area contributed by atoms with Crippen LogP contribution in [0.1, 0.15) is 11.1 Å². The highest BCUT2D eigenvalue weighted by atomic mass is 32.2. The van der Waals surface area contributed by atoms with Gasteiger partial charge in [-0.05, 0) is 54.1 Å². The number of rotatable bonds is 10. The van der Waals surface area contributed by atoms with Crippen molar-refractivity contribution in [3.8, 4) is 5.75 Å². The molecule has 0 atom stereocenters. The first kappa shape index (κ1) is 25.6. The maximum atomic E-state index is 13.5. The van der Waals surface area contributed by atoms with Crippen LogP contribution in [0.5, 0.6) is 5.75 Å². The van der Waals surface area contributed by atoms with Gasteiger partial charge in [-0.2, -0.15) is 5.10 Å². The second kappa shape index (κ2) is 12.0. The molecule has 0 unspecified atom stereocenters. The average molecular weight is 518 g/mol. The fourth-order valence-corrected chi connectivity index (χ4v) is 4.88. The average Bonchev–Trinajstić information content (AvgIpc) is 2.93. The van der Waals surface area contributed by atoms with Crippen LogP contribution < -0.4 is 14.5 Å². The van der Waals surface area contributed by atoms with Crippen molar-refractivity contribution in [2.24, 2.45) is 5.10 Å². The Bertz CT molecular complexity index is 1460. The number of hydrogen-bond acceptors (Lipinski definition) is 5. The van der Waals surface area contributed by atoms with E-state index in [-0.39, 0.29) is 10.6 Å². The lowest BCUT2D eigenvalue weighted by Gasteiger charge is -2.23.